The highest BCUT2D eigenvalue weighted by atomic mass is 32.2. The summed E-state index contributed by atoms with van der Waals surface area (Å²) in [6, 6.07) is 7.49. The third-order valence-corrected chi connectivity index (χ3v) is 4.51. The van der Waals surface area contributed by atoms with E-state index in [9.17, 15) is 8.42 Å². The quantitative estimate of drug-likeness (QED) is 0.789. The van der Waals surface area contributed by atoms with E-state index >= 15 is 0 Å². The van der Waals surface area contributed by atoms with E-state index in [2.05, 4.69) is 14.7 Å². The van der Waals surface area contributed by atoms with Gasteiger partial charge in [0.2, 0.25) is 5.13 Å². The Hall–Kier alpha value is -1.51. The van der Waals surface area contributed by atoms with Crippen LogP contribution in [0.2, 0.25) is 0 Å². The summed E-state index contributed by atoms with van der Waals surface area (Å²) in [4.78, 5) is 4.37. The summed E-state index contributed by atoms with van der Waals surface area (Å²) < 4.78 is 32.2. The SMILES string of the molecule is COCCc1nsc(NCc2ccccc2CS(C)(=O)=O)n1. The summed E-state index contributed by atoms with van der Waals surface area (Å²) in [6.07, 6.45) is 1.92. The van der Waals surface area contributed by atoms with Crippen LogP contribution in [0.4, 0.5) is 5.13 Å². The second kappa shape index (κ2) is 7.66. The second-order valence-electron chi connectivity index (χ2n) is 4.95. The van der Waals surface area contributed by atoms with Crippen molar-refractivity contribution in [2.45, 2.75) is 18.7 Å². The zero-order valence-electron chi connectivity index (χ0n) is 12.6. The van der Waals surface area contributed by atoms with Crippen molar-refractivity contribution in [3.05, 3.63) is 41.2 Å². The average molecular weight is 341 g/mol. The molecule has 0 bridgehead atoms. The minimum atomic E-state index is -3.06. The molecule has 0 spiro atoms. The van der Waals surface area contributed by atoms with E-state index in [-0.39, 0.29) is 5.75 Å². The molecule has 0 aliphatic rings. The molecular weight excluding hydrogens is 322 g/mol. The van der Waals surface area contributed by atoms with E-state index in [4.69, 9.17) is 4.74 Å². The number of hydrogen-bond donors (Lipinski definition) is 1. The summed E-state index contributed by atoms with van der Waals surface area (Å²) in [5.74, 6) is 0.791. The van der Waals surface area contributed by atoms with Crippen LogP contribution in [0.1, 0.15) is 17.0 Å². The minimum absolute atomic E-state index is 0.0417. The highest BCUT2D eigenvalue weighted by molar-refractivity contribution is 7.89. The summed E-state index contributed by atoms with van der Waals surface area (Å²) in [5.41, 5.74) is 1.75. The van der Waals surface area contributed by atoms with Crippen molar-refractivity contribution in [3.63, 3.8) is 0 Å². The van der Waals surface area contributed by atoms with Crippen molar-refractivity contribution >= 4 is 26.5 Å². The Morgan fingerprint density at radius 1 is 1.27 bits per heavy atom. The van der Waals surface area contributed by atoms with Crippen LogP contribution in [0, 0.1) is 0 Å². The lowest BCUT2D eigenvalue weighted by Gasteiger charge is -2.09. The molecule has 0 unspecified atom stereocenters. The van der Waals surface area contributed by atoms with Crippen molar-refractivity contribution < 1.29 is 13.2 Å². The Labute approximate surface area is 134 Å². The fourth-order valence-electron chi connectivity index (χ4n) is 1.94. The molecular formula is C14H19N3O3S2. The summed E-state index contributed by atoms with van der Waals surface area (Å²) >= 11 is 1.29. The van der Waals surface area contributed by atoms with Crippen molar-refractivity contribution in [3.8, 4) is 0 Å². The lowest BCUT2D eigenvalue weighted by Crippen LogP contribution is -2.07. The van der Waals surface area contributed by atoms with Crippen molar-refractivity contribution in [2.24, 2.45) is 0 Å². The predicted octanol–water partition coefficient (Wildman–Crippen LogP) is 1.88. The van der Waals surface area contributed by atoms with Gasteiger partial charge < -0.3 is 10.1 Å². The number of nitrogens with zero attached hydrogens (tertiary/aromatic N) is 2. The van der Waals surface area contributed by atoms with Gasteiger partial charge in [-0.25, -0.2) is 13.4 Å². The second-order valence-corrected chi connectivity index (χ2v) is 7.84. The van der Waals surface area contributed by atoms with Crippen LogP contribution in [0.15, 0.2) is 24.3 Å². The number of anilines is 1. The Morgan fingerprint density at radius 2 is 2.00 bits per heavy atom. The molecule has 1 aromatic carbocycles. The zero-order chi connectivity index (χ0) is 16.0. The molecule has 1 heterocycles. The average Bonchev–Trinajstić information content (AvgIpc) is 2.90. The maximum Gasteiger partial charge on any atom is 0.202 e. The van der Waals surface area contributed by atoms with E-state index in [0.29, 0.717) is 19.6 Å². The van der Waals surface area contributed by atoms with Gasteiger partial charge in [-0.1, -0.05) is 24.3 Å². The summed E-state index contributed by atoms with van der Waals surface area (Å²) in [6.45, 7) is 1.11. The molecule has 1 N–H and O–H groups in total. The fraction of sp³-hybridized carbons (Fsp3) is 0.429. The van der Waals surface area contributed by atoms with Gasteiger partial charge in [0.05, 0.1) is 12.4 Å². The van der Waals surface area contributed by atoms with Crippen molar-refractivity contribution in [1.82, 2.24) is 9.36 Å². The molecule has 1 aromatic heterocycles. The normalized spacial score (nSPS) is 11.5. The maximum absolute atomic E-state index is 11.5. The van der Waals surface area contributed by atoms with Crippen LogP contribution in [0.25, 0.3) is 0 Å². The number of nitrogens with one attached hydrogen (secondary N) is 1. The van der Waals surface area contributed by atoms with E-state index in [1.165, 1.54) is 17.8 Å². The van der Waals surface area contributed by atoms with E-state index < -0.39 is 9.84 Å². The predicted molar refractivity (Wildman–Crippen MR) is 87.8 cm³/mol. The molecule has 8 heteroatoms. The van der Waals surface area contributed by atoms with Crippen molar-refractivity contribution in [1.29, 1.82) is 0 Å². The van der Waals surface area contributed by atoms with Crippen LogP contribution in [-0.2, 0) is 33.3 Å². The lowest BCUT2D eigenvalue weighted by atomic mass is 10.1. The summed E-state index contributed by atoms with van der Waals surface area (Å²) in [5, 5.41) is 3.92. The van der Waals surface area contributed by atoms with Crippen LogP contribution in [0.3, 0.4) is 0 Å². The third kappa shape index (κ3) is 5.36. The number of benzene rings is 1. The number of ether oxygens (including phenoxy) is 1. The molecule has 0 fully saturated rings. The molecule has 2 aromatic rings. The van der Waals surface area contributed by atoms with Crippen LogP contribution < -0.4 is 5.32 Å². The van der Waals surface area contributed by atoms with Crippen molar-refractivity contribution in [2.75, 3.05) is 25.3 Å². The molecule has 0 atom stereocenters. The molecule has 0 aliphatic heterocycles. The number of aromatic nitrogens is 2. The highest BCUT2D eigenvalue weighted by Crippen LogP contribution is 2.16. The molecule has 2 rings (SSSR count). The van der Waals surface area contributed by atoms with Crippen LogP contribution >= 0.6 is 11.5 Å². The Bertz CT molecular complexity index is 714. The van der Waals surface area contributed by atoms with E-state index in [1.807, 2.05) is 24.3 Å². The van der Waals surface area contributed by atoms with Gasteiger partial charge in [0.25, 0.3) is 0 Å². The van der Waals surface area contributed by atoms with Gasteiger partial charge in [-0.05, 0) is 11.1 Å². The monoisotopic (exact) mass is 341 g/mol. The summed E-state index contributed by atoms with van der Waals surface area (Å²) in [7, 11) is -1.41. The van der Waals surface area contributed by atoms with Crippen LogP contribution in [-0.4, -0.2) is 37.7 Å². The number of sulfone groups is 1. The maximum atomic E-state index is 11.5. The molecule has 0 amide bonds. The van der Waals surface area contributed by atoms with Gasteiger partial charge in [0.15, 0.2) is 9.84 Å². The smallest absolute Gasteiger partial charge is 0.202 e. The van der Waals surface area contributed by atoms with Gasteiger partial charge in [0.1, 0.15) is 5.82 Å². The first-order valence-corrected chi connectivity index (χ1v) is 9.61. The molecule has 0 aliphatic carbocycles. The van der Waals surface area contributed by atoms with E-state index in [0.717, 1.165) is 22.1 Å². The van der Waals surface area contributed by atoms with E-state index in [1.54, 1.807) is 7.11 Å². The first-order chi connectivity index (χ1) is 10.5. The number of hydrogen-bond acceptors (Lipinski definition) is 7. The Balaban J connectivity index is 2.01. The van der Waals surface area contributed by atoms with Crippen LogP contribution in [0.5, 0.6) is 0 Å². The third-order valence-electron chi connectivity index (χ3n) is 2.96. The van der Waals surface area contributed by atoms with Gasteiger partial charge in [-0.15, -0.1) is 0 Å². The Kier molecular flexibility index (Phi) is 5.87. The first kappa shape index (κ1) is 16.9. The largest absolute Gasteiger partial charge is 0.384 e. The van der Waals surface area contributed by atoms with Gasteiger partial charge >= 0.3 is 0 Å². The number of rotatable bonds is 8. The minimum Gasteiger partial charge on any atom is -0.384 e. The number of methoxy groups -OCH3 is 1. The molecule has 0 saturated heterocycles. The fourth-order valence-corrected chi connectivity index (χ4v) is 3.40. The highest BCUT2D eigenvalue weighted by Gasteiger charge is 2.10. The Morgan fingerprint density at radius 3 is 2.68 bits per heavy atom. The zero-order valence-corrected chi connectivity index (χ0v) is 14.2. The van der Waals surface area contributed by atoms with Gasteiger partial charge in [-0.3, -0.25) is 0 Å². The first-order valence-electron chi connectivity index (χ1n) is 6.78. The molecule has 22 heavy (non-hydrogen) atoms. The molecule has 120 valence electrons. The topological polar surface area (TPSA) is 81.2 Å². The van der Waals surface area contributed by atoms with Gasteiger partial charge in [0, 0.05) is 37.9 Å². The van der Waals surface area contributed by atoms with Gasteiger partial charge in [-0.2, -0.15) is 4.37 Å². The standard InChI is InChI=1S/C14H19N3O3S2/c1-20-8-7-13-16-14(21-17-13)15-9-11-5-3-4-6-12(11)10-22(2,18)19/h3-6H,7-10H2,1-2H3,(H,15,16,17). The lowest BCUT2D eigenvalue weighted by molar-refractivity contribution is 0.201. The molecule has 6 nitrogen and oxygen atoms in total. The molecule has 0 saturated carbocycles. The molecule has 0 radical (unpaired) electrons.